The summed E-state index contributed by atoms with van der Waals surface area (Å²) >= 11 is 0. The third kappa shape index (κ3) is 4.21. The maximum absolute atomic E-state index is 12.5. The number of rotatable bonds is 5. The van der Waals surface area contributed by atoms with Crippen molar-refractivity contribution in [1.82, 2.24) is 0 Å². The summed E-state index contributed by atoms with van der Waals surface area (Å²) in [5.41, 5.74) is -0.0139. The molecule has 132 valence electrons. The van der Waals surface area contributed by atoms with Crippen LogP contribution >= 0.6 is 0 Å². The van der Waals surface area contributed by atoms with Crippen LogP contribution in [-0.2, 0) is 9.53 Å². The summed E-state index contributed by atoms with van der Waals surface area (Å²) in [7, 11) is 1.43. The number of nitro groups is 1. The summed E-state index contributed by atoms with van der Waals surface area (Å²) in [5.74, 6) is 0.119. The predicted molar refractivity (Wildman–Crippen MR) is 88.4 cm³/mol. The lowest BCUT2D eigenvalue weighted by Gasteiger charge is -2.35. The fourth-order valence-electron chi connectivity index (χ4n) is 2.99. The first kappa shape index (κ1) is 18.2. The number of amides is 1. The van der Waals surface area contributed by atoms with E-state index in [0.29, 0.717) is 5.75 Å². The average Bonchev–Trinajstić information content (AvgIpc) is 2.53. The van der Waals surface area contributed by atoms with E-state index in [2.05, 4.69) is 5.32 Å². The Bertz CT molecular complexity index is 612. The van der Waals surface area contributed by atoms with E-state index in [9.17, 15) is 14.9 Å². The molecular weight excluding hydrogens is 314 g/mol. The number of ether oxygens (including phenoxy) is 2. The number of methoxy groups -OCH3 is 1. The van der Waals surface area contributed by atoms with E-state index in [1.165, 1.54) is 19.2 Å². The van der Waals surface area contributed by atoms with E-state index >= 15 is 0 Å². The Morgan fingerprint density at radius 1 is 1.42 bits per heavy atom. The number of morpholine rings is 1. The van der Waals surface area contributed by atoms with E-state index in [0.717, 1.165) is 18.0 Å². The Kier molecular flexibility index (Phi) is 5.74. The largest absolute Gasteiger partial charge is 0.496 e. The highest BCUT2D eigenvalue weighted by atomic mass is 16.6. The highest BCUT2D eigenvalue weighted by Crippen LogP contribution is 2.28. The first-order valence-corrected chi connectivity index (χ1v) is 7.95. The van der Waals surface area contributed by atoms with Gasteiger partial charge in [0, 0.05) is 0 Å². The molecule has 0 spiro atoms. The number of benzene rings is 1. The molecule has 0 unspecified atom stereocenters. The van der Waals surface area contributed by atoms with Gasteiger partial charge in [0.2, 0.25) is 0 Å². The smallest absolute Gasteiger partial charge is 0.296 e. The van der Waals surface area contributed by atoms with Crippen molar-refractivity contribution in [3.8, 4) is 5.75 Å². The Balaban J connectivity index is 2.12. The second-order valence-corrected chi connectivity index (χ2v) is 6.17. The quantitative estimate of drug-likeness (QED) is 0.606. The lowest BCUT2D eigenvalue weighted by atomic mass is 10.1. The lowest BCUT2D eigenvalue weighted by molar-refractivity contribution is -0.928. The number of quaternary nitrogens is 1. The first-order chi connectivity index (χ1) is 11.3. The van der Waals surface area contributed by atoms with Crippen LogP contribution in [0.3, 0.4) is 0 Å². The maximum Gasteiger partial charge on any atom is 0.296 e. The highest BCUT2D eigenvalue weighted by molar-refractivity contribution is 5.95. The normalized spacial score (nSPS) is 24.9. The van der Waals surface area contributed by atoms with Gasteiger partial charge in [-0.15, -0.1) is 0 Å². The van der Waals surface area contributed by atoms with Crippen molar-refractivity contribution in [3.05, 3.63) is 28.3 Å². The molecule has 1 fully saturated rings. The summed E-state index contributed by atoms with van der Waals surface area (Å²) in [6.07, 6.45) is 0.156. The number of nitrogens with one attached hydrogen (secondary N) is 2. The van der Waals surface area contributed by atoms with Gasteiger partial charge in [0.1, 0.15) is 36.7 Å². The molecule has 1 aliphatic heterocycles. The minimum absolute atomic E-state index is 0.0781. The summed E-state index contributed by atoms with van der Waals surface area (Å²) < 4.78 is 10.7. The topological polar surface area (TPSA) is 95.1 Å². The van der Waals surface area contributed by atoms with Crippen LogP contribution in [0, 0.1) is 10.1 Å². The first-order valence-electron chi connectivity index (χ1n) is 7.95. The molecular formula is C16H24N3O5+. The molecule has 8 nitrogen and oxygen atoms in total. The van der Waals surface area contributed by atoms with Gasteiger partial charge < -0.3 is 19.7 Å². The summed E-state index contributed by atoms with van der Waals surface area (Å²) in [6.45, 7) is 7.24. The molecule has 0 radical (unpaired) electrons. The van der Waals surface area contributed by atoms with Crippen molar-refractivity contribution in [1.29, 1.82) is 0 Å². The van der Waals surface area contributed by atoms with Crippen LogP contribution in [0.15, 0.2) is 18.2 Å². The van der Waals surface area contributed by atoms with E-state index in [1.54, 1.807) is 6.07 Å². The van der Waals surface area contributed by atoms with Crippen molar-refractivity contribution in [2.24, 2.45) is 0 Å². The van der Waals surface area contributed by atoms with Crippen LogP contribution < -0.4 is 15.0 Å². The second-order valence-electron chi connectivity index (χ2n) is 6.17. The molecule has 0 bridgehead atoms. The molecule has 1 saturated heterocycles. The van der Waals surface area contributed by atoms with Gasteiger partial charge in [-0.25, -0.2) is 0 Å². The molecule has 1 aromatic rings. The summed E-state index contributed by atoms with van der Waals surface area (Å²) in [4.78, 5) is 24.3. The Hall–Kier alpha value is -2.19. The molecule has 8 heteroatoms. The van der Waals surface area contributed by atoms with Gasteiger partial charge in [0.25, 0.3) is 11.6 Å². The fraction of sp³-hybridized carbons (Fsp3) is 0.562. The number of anilines is 1. The Morgan fingerprint density at radius 3 is 2.58 bits per heavy atom. The summed E-state index contributed by atoms with van der Waals surface area (Å²) in [5, 5.41) is 13.9. The van der Waals surface area contributed by atoms with Crippen molar-refractivity contribution in [2.45, 2.75) is 39.0 Å². The number of hydrogen-bond donors (Lipinski definition) is 2. The number of carbonyl (C=O) groups is 1. The molecule has 24 heavy (non-hydrogen) atoms. The predicted octanol–water partition coefficient (Wildman–Crippen LogP) is 0.623. The monoisotopic (exact) mass is 338 g/mol. The molecule has 0 aliphatic carbocycles. The number of carbonyl (C=O) groups excluding carboxylic acids is 1. The van der Waals surface area contributed by atoms with E-state index in [-0.39, 0.29) is 35.5 Å². The molecule has 1 heterocycles. The van der Waals surface area contributed by atoms with Crippen LogP contribution in [0.25, 0.3) is 0 Å². The molecule has 1 amide bonds. The minimum atomic E-state index is -0.533. The van der Waals surface area contributed by atoms with E-state index < -0.39 is 4.92 Å². The van der Waals surface area contributed by atoms with Crippen molar-refractivity contribution >= 4 is 17.3 Å². The second kappa shape index (κ2) is 7.59. The molecule has 1 aliphatic rings. The lowest BCUT2D eigenvalue weighted by Crippen LogP contribution is -3.19. The zero-order chi connectivity index (χ0) is 17.9. The Labute approximate surface area is 140 Å². The third-order valence-electron chi connectivity index (χ3n) is 4.23. The van der Waals surface area contributed by atoms with Crippen LogP contribution in [-0.4, -0.2) is 49.3 Å². The van der Waals surface area contributed by atoms with Crippen LogP contribution in [0.5, 0.6) is 5.75 Å². The van der Waals surface area contributed by atoms with Crippen LogP contribution in [0.1, 0.15) is 20.8 Å². The Morgan fingerprint density at radius 2 is 2.04 bits per heavy atom. The molecule has 3 atom stereocenters. The van der Waals surface area contributed by atoms with Gasteiger partial charge in [-0.3, -0.25) is 14.9 Å². The minimum Gasteiger partial charge on any atom is -0.496 e. The zero-order valence-corrected chi connectivity index (χ0v) is 14.4. The van der Waals surface area contributed by atoms with Crippen LogP contribution in [0.2, 0.25) is 0 Å². The number of nitro benzene ring substituents is 1. The molecule has 1 aromatic carbocycles. The number of nitrogens with zero attached hydrogens (tertiary/aromatic N) is 1. The number of hydrogen-bond acceptors (Lipinski definition) is 5. The molecule has 2 N–H and O–H groups in total. The fourth-order valence-corrected chi connectivity index (χ4v) is 2.99. The zero-order valence-electron chi connectivity index (χ0n) is 14.4. The SMILES string of the molecule is COc1ccc(NC(=O)[C@H](C)[NH+]2C[C@H](C)O[C@@H](C)C2)c([N+](=O)[O-])c1. The standard InChI is InChI=1S/C16H23N3O5/c1-10-8-18(9-11(2)24-10)12(3)16(20)17-14-6-5-13(23-4)7-15(14)19(21)22/h5-7,10-12H,8-9H2,1-4H3,(H,17,20)/p+1/t10-,11-,12-/m0/s1. The summed E-state index contributed by atoms with van der Waals surface area (Å²) in [6, 6.07) is 4.03. The third-order valence-corrected chi connectivity index (χ3v) is 4.23. The molecule has 0 aromatic heterocycles. The van der Waals surface area contributed by atoms with Gasteiger partial charge in [-0.2, -0.15) is 0 Å². The van der Waals surface area contributed by atoms with Gasteiger partial charge in [0.05, 0.1) is 18.1 Å². The molecule has 2 rings (SSSR count). The van der Waals surface area contributed by atoms with Gasteiger partial charge >= 0.3 is 0 Å². The van der Waals surface area contributed by atoms with Crippen molar-refractivity contribution < 1.29 is 24.1 Å². The van der Waals surface area contributed by atoms with Crippen LogP contribution in [0.4, 0.5) is 11.4 Å². The maximum atomic E-state index is 12.5. The van der Waals surface area contributed by atoms with E-state index in [1.807, 2.05) is 20.8 Å². The van der Waals surface area contributed by atoms with Crippen molar-refractivity contribution in [2.75, 3.05) is 25.5 Å². The molecule has 0 saturated carbocycles. The van der Waals surface area contributed by atoms with Crippen molar-refractivity contribution in [3.63, 3.8) is 0 Å². The average molecular weight is 338 g/mol. The highest BCUT2D eigenvalue weighted by Gasteiger charge is 2.33. The van der Waals surface area contributed by atoms with Gasteiger partial charge in [-0.1, -0.05) is 0 Å². The van der Waals surface area contributed by atoms with Gasteiger partial charge in [0.15, 0.2) is 6.04 Å². The van der Waals surface area contributed by atoms with E-state index in [4.69, 9.17) is 9.47 Å². The van der Waals surface area contributed by atoms with Gasteiger partial charge in [-0.05, 0) is 32.9 Å².